The normalized spacial score (nSPS) is 31.3. The molecule has 0 saturated heterocycles. The number of fused-ring (bicyclic) bond motifs is 1. The first kappa shape index (κ1) is 13.0. The van der Waals surface area contributed by atoms with E-state index < -0.39 is 0 Å². The molecular weight excluding hydrogens is 262 g/mol. The van der Waals surface area contributed by atoms with Gasteiger partial charge in [-0.1, -0.05) is 18.5 Å². The van der Waals surface area contributed by atoms with Crippen LogP contribution in [0.5, 0.6) is 0 Å². The summed E-state index contributed by atoms with van der Waals surface area (Å²) in [6.45, 7) is 3.40. The Hall–Kier alpha value is -0.0500. The van der Waals surface area contributed by atoms with Gasteiger partial charge >= 0.3 is 0 Å². The Labute approximate surface area is 119 Å². The molecule has 0 bridgehead atoms. The maximum Gasteiger partial charge on any atom is 0.0931 e. The molecule has 1 heterocycles. The second kappa shape index (κ2) is 5.52. The number of hydrogen-bond acceptors (Lipinski definition) is 2. The molecule has 3 heteroatoms. The van der Waals surface area contributed by atoms with Crippen LogP contribution in [0.15, 0.2) is 12.1 Å². The topological polar surface area (TPSA) is 12.0 Å². The van der Waals surface area contributed by atoms with Gasteiger partial charge in [-0.2, -0.15) is 0 Å². The minimum atomic E-state index is 0.674. The lowest BCUT2D eigenvalue weighted by Gasteiger charge is -2.25. The van der Waals surface area contributed by atoms with Crippen molar-refractivity contribution in [2.75, 3.05) is 6.54 Å². The smallest absolute Gasteiger partial charge is 0.0931 e. The first-order chi connectivity index (χ1) is 8.76. The Morgan fingerprint density at radius 3 is 2.72 bits per heavy atom. The van der Waals surface area contributed by atoms with E-state index in [0.717, 1.165) is 28.6 Å². The van der Waals surface area contributed by atoms with Gasteiger partial charge in [0.15, 0.2) is 0 Å². The fourth-order valence-corrected chi connectivity index (χ4v) is 4.65. The van der Waals surface area contributed by atoms with Crippen molar-refractivity contribution in [1.29, 1.82) is 0 Å². The Morgan fingerprint density at radius 1 is 1.33 bits per heavy atom. The van der Waals surface area contributed by atoms with Gasteiger partial charge in [-0.05, 0) is 68.5 Å². The van der Waals surface area contributed by atoms with E-state index >= 15 is 0 Å². The zero-order chi connectivity index (χ0) is 12.5. The third-order valence-corrected chi connectivity index (χ3v) is 5.81. The Balaban J connectivity index is 1.61. The van der Waals surface area contributed by atoms with Crippen molar-refractivity contribution in [3.05, 3.63) is 21.3 Å². The molecule has 2 aliphatic rings. The van der Waals surface area contributed by atoms with Crippen molar-refractivity contribution in [3.63, 3.8) is 0 Å². The number of halogens is 1. The van der Waals surface area contributed by atoms with E-state index in [1.165, 1.54) is 37.0 Å². The van der Waals surface area contributed by atoms with E-state index in [1.807, 2.05) is 6.07 Å². The summed E-state index contributed by atoms with van der Waals surface area (Å²) in [6.07, 6.45) is 6.83. The molecule has 3 rings (SSSR count). The van der Waals surface area contributed by atoms with E-state index in [-0.39, 0.29) is 0 Å². The van der Waals surface area contributed by atoms with E-state index in [0.29, 0.717) is 6.04 Å². The predicted octanol–water partition coefficient (Wildman–Crippen LogP) is 4.36. The van der Waals surface area contributed by atoms with Gasteiger partial charge in [-0.25, -0.2) is 0 Å². The van der Waals surface area contributed by atoms with Gasteiger partial charge in [0.25, 0.3) is 0 Å². The summed E-state index contributed by atoms with van der Waals surface area (Å²) in [5, 5.41) is 3.77. The molecule has 0 aliphatic heterocycles. The van der Waals surface area contributed by atoms with Crippen LogP contribution in [0.3, 0.4) is 0 Å². The molecule has 3 unspecified atom stereocenters. The van der Waals surface area contributed by atoms with E-state index in [1.54, 1.807) is 11.3 Å². The van der Waals surface area contributed by atoms with Gasteiger partial charge in [0.2, 0.25) is 0 Å². The summed E-state index contributed by atoms with van der Waals surface area (Å²) in [5.74, 6) is 3.06. The molecule has 0 amide bonds. The van der Waals surface area contributed by atoms with E-state index in [4.69, 9.17) is 11.6 Å². The molecule has 2 aliphatic carbocycles. The Kier molecular flexibility index (Phi) is 3.97. The van der Waals surface area contributed by atoms with Gasteiger partial charge in [0.1, 0.15) is 0 Å². The number of hydrogen-bond donors (Lipinski definition) is 1. The second-order valence-corrected chi connectivity index (χ2v) is 7.76. The third-order valence-electron chi connectivity index (χ3n) is 4.56. The maximum absolute atomic E-state index is 6.04. The van der Waals surface area contributed by atoms with Gasteiger partial charge in [-0.3, -0.25) is 0 Å². The lowest BCUT2D eigenvalue weighted by atomic mass is 9.91. The van der Waals surface area contributed by atoms with Crippen molar-refractivity contribution < 1.29 is 0 Å². The first-order valence-corrected chi connectivity index (χ1v) is 8.43. The highest BCUT2D eigenvalue weighted by atomic mass is 35.5. The summed E-state index contributed by atoms with van der Waals surface area (Å²) in [5.41, 5.74) is 0. The van der Waals surface area contributed by atoms with Crippen LogP contribution in [0, 0.1) is 17.8 Å². The summed E-state index contributed by atoms with van der Waals surface area (Å²) in [6, 6.07) is 4.90. The summed E-state index contributed by atoms with van der Waals surface area (Å²) in [7, 11) is 0. The molecule has 3 atom stereocenters. The molecule has 2 fully saturated rings. The van der Waals surface area contributed by atoms with Crippen molar-refractivity contribution in [1.82, 2.24) is 5.32 Å². The largest absolute Gasteiger partial charge is 0.313 e. The molecule has 0 radical (unpaired) electrons. The van der Waals surface area contributed by atoms with E-state index in [9.17, 15) is 0 Å². The molecule has 0 aromatic carbocycles. The SMILES string of the molecule is CCCNC(Cc1ccc(Cl)s1)C1CC2CC2C1. The predicted molar refractivity (Wildman–Crippen MR) is 79.4 cm³/mol. The summed E-state index contributed by atoms with van der Waals surface area (Å²) >= 11 is 7.78. The van der Waals surface area contributed by atoms with Crippen LogP contribution >= 0.6 is 22.9 Å². The van der Waals surface area contributed by atoms with Gasteiger partial charge in [0, 0.05) is 10.9 Å². The van der Waals surface area contributed by atoms with Crippen LogP contribution in [-0.4, -0.2) is 12.6 Å². The lowest BCUT2D eigenvalue weighted by Crippen LogP contribution is -2.38. The maximum atomic E-state index is 6.04. The van der Waals surface area contributed by atoms with Crippen LogP contribution in [0.25, 0.3) is 0 Å². The molecule has 1 N–H and O–H groups in total. The first-order valence-electron chi connectivity index (χ1n) is 7.24. The number of thiophene rings is 1. The molecule has 18 heavy (non-hydrogen) atoms. The van der Waals surface area contributed by atoms with Gasteiger partial charge in [0.05, 0.1) is 4.34 Å². The zero-order valence-corrected chi connectivity index (χ0v) is 12.6. The molecule has 1 aromatic heterocycles. The highest BCUT2D eigenvalue weighted by Gasteiger charge is 2.47. The van der Waals surface area contributed by atoms with Crippen LogP contribution < -0.4 is 5.32 Å². The fourth-order valence-electron chi connectivity index (χ4n) is 3.50. The highest BCUT2D eigenvalue weighted by Crippen LogP contribution is 2.55. The third kappa shape index (κ3) is 2.92. The molecule has 100 valence electrons. The highest BCUT2D eigenvalue weighted by molar-refractivity contribution is 7.16. The fraction of sp³-hybridized carbons (Fsp3) is 0.733. The van der Waals surface area contributed by atoms with Gasteiger partial charge < -0.3 is 5.32 Å². The number of nitrogens with one attached hydrogen (secondary N) is 1. The van der Waals surface area contributed by atoms with Crippen LogP contribution in [0.2, 0.25) is 4.34 Å². The second-order valence-electron chi connectivity index (χ2n) is 5.96. The minimum Gasteiger partial charge on any atom is -0.313 e. The Morgan fingerprint density at radius 2 is 2.11 bits per heavy atom. The molecule has 2 saturated carbocycles. The van der Waals surface area contributed by atoms with Crippen molar-refractivity contribution in [2.24, 2.45) is 17.8 Å². The monoisotopic (exact) mass is 283 g/mol. The standard InChI is InChI=1S/C15H22ClNS/c1-2-5-17-14(9-13-3-4-15(16)18-13)12-7-10-6-11(10)8-12/h3-4,10-12,14,17H,2,5-9H2,1H3. The zero-order valence-electron chi connectivity index (χ0n) is 11.0. The van der Waals surface area contributed by atoms with E-state index in [2.05, 4.69) is 18.3 Å². The quantitative estimate of drug-likeness (QED) is 0.818. The Bertz CT molecular complexity index is 393. The summed E-state index contributed by atoms with van der Waals surface area (Å²) in [4.78, 5) is 1.44. The van der Waals surface area contributed by atoms with Gasteiger partial charge in [-0.15, -0.1) is 11.3 Å². The molecular formula is C15H22ClNS. The molecule has 1 nitrogen and oxygen atoms in total. The van der Waals surface area contributed by atoms with Crippen LogP contribution in [-0.2, 0) is 6.42 Å². The minimum absolute atomic E-state index is 0.674. The average molecular weight is 284 g/mol. The van der Waals surface area contributed by atoms with Crippen molar-refractivity contribution >= 4 is 22.9 Å². The van der Waals surface area contributed by atoms with Crippen molar-refractivity contribution in [3.8, 4) is 0 Å². The molecule has 1 aromatic rings. The summed E-state index contributed by atoms with van der Waals surface area (Å²) < 4.78 is 0.925. The lowest BCUT2D eigenvalue weighted by molar-refractivity contribution is 0.333. The van der Waals surface area contributed by atoms with Crippen molar-refractivity contribution in [2.45, 2.75) is 45.1 Å². The average Bonchev–Trinajstić information content (AvgIpc) is 2.78. The van der Waals surface area contributed by atoms with Crippen LogP contribution in [0.4, 0.5) is 0 Å². The molecule has 0 spiro atoms. The number of rotatable bonds is 6. The van der Waals surface area contributed by atoms with Crippen LogP contribution in [0.1, 0.15) is 37.5 Å².